The van der Waals surface area contributed by atoms with E-state index in [9.17, 15) is 9.59 Å². The van der Waals surface area contributed by atoms with E-state index in [-0.39, 0.29) is 11.8 Å². The molecule has 0 saturated heterocycles. The molecular formula is C21H28N4O2. The van der Waals surface area contributed by atoms with E-state index in [1.165, 1.54) is 0 Å². The van der Waals surface area contributed by atoms with Gasteiger partial charge in [0, 0.05) is 37.3 Å². The summed E-state index contributed by atoms with van der Waals surface area (Å²) in [5, 5.41) is 5.77. The normalized spacial score (nSPS) is 10.6. The van der Waals surface area contributed by atoms with Crippen molar-refractivity contribution < 1.29 is 9.59 Å². The van der Waals surface area contributed by atoms with Gasteiger partial charge in [0.2, 0.25) is 5.91 Å². The largest absolute Gasteiger partial charge is 0.399 e. The van der Waals surface area contributed by atoms with E-state index >= 15 is 0 Å². The number of benzene rings is 2. The summed E-state index contributed by atoms with van der Waals surface area (Å²) >= 11 is 0. The molecule has 6 nitrogen and oxygen atoms in total. The standard InChI is InChI=1S/C21H28N4O2/c1-25(2)14-13-23-21(27)18-9-7-16(8-10-18)15-24-20(26)12-11-17-5-3-4-6-19(17)22/h3-10H,11-15,22H2,1-2H3,(H,23,27)(H,24,26). The zero-order valence-electron chi connectivity index (χ0n) is 16.0. The molecule has 0 spiro atoms. The fraction of sp³-hybridized carbons (Fsp3) is 0.333. The van der Waals surface area contributed by atoms with Crippen LogP contribution >= 0.6 is 0 Å². The van der Waals surface area contributed by atoms with Crippen molar-refractivity contribution in [1.29, 1.82) is 0 Å². The van der Waals surface area contributed by atoms with Gasteiger partial charge in [-0.05, 0) is 49.8 Å². The third-order valence-corrected chi connectivity index (χ3v) is 4.23. The molecule has 0 saturated carbocycles. The molecular weight excluding hydrogens is 340 g/mol. The highest BCUT2D eigenvalue weighted by molar-refractivity contribution is 5.94. The topological polar surface area (TPSA) is 87.5 Å². The first-order valence-electron chi connectivity index (χ1n) is 9.07. The SMILES string of the molecule is CN(C)CCNC(=O)c1ccc(CNC(=O)CCc2ccccc2N)cc1. The summed E-state index contributed by atoms with van der Waals surface area (Å²) in [6.07, 6.45) is 1.01. The van der Waals surface area contributed by atoms with Gasteiger partial charge in [0.15, 0.2) is 0 Å². The van der Waals surface area contributed by atoms with E-state index in [0.29, 0.717) is 37.2 Å². The van der Waals surface area contributed by atoms with Crippen molar-refractivity contribution in [2.24, 2.45) is 0 Å². The zero-order chi connectivity index (χ0) is 19.6. The number of nitrogens with one attached hydrogen (secondary N) is 2. The van der Waals surface area contributed by atoms with Crippen molar-refractivity contribution in [2.45, 2.75) is 19.4 Å². The number of hydrogen-bond donors (Lipinski definition) is 3. The van der Waals surface area contributed by atoms with E-state index in [4.69, 9.17) is 5.73 Å². The van der Waals surface area contributed by atoms with Crippen LogP contribution in [-0.2, 0) is 17.8 Å². The predicted molar refractivity (Wildman–Crippen MR) is 108 cm³/mol. The molecule has 0 radical (unpaired) electrons. The molecule has 27 heavy (non-hydrogen) atoms. The molecule has 0 fully saturated rings. The van der Waals surface area contributed by atoms with E-state index in [1.807, 2.05) is 55.4 Å². The molecule has 0 aliphatic carbocycles. The molecule has 2 aromatic rings. The number of para-hydroxylation sites is 1. The average Bonchev–Trinajstić information content (AvgIpc) is 2.65. The maximum absolute atomic E-state index is 12.0. The molecule has 144 valence electrons. The lowest BCUT2D eigenvalue weighted by molar-refractivity contribution is -0.121. The van der Waals surface area contributed by atoms with Crippen molar-refractivity contribution in [3.8, 4) is 0 Å². The molecule has 0 aliphatic heterocycles. The van der Waals surface area contributed by atoms with Gasteiger partial charge in [0.05, 0.1) is 0 Å². The Kier molecular flexibility index (Phi) is 7.82. The van der Waals surface area contributed by atoms with Gasteiger partial charge in [0.1, 0.15) is 0 Å². The van der Waals surface area contributed by atoms with E-state index in [1.54, 1.807) is 12.1 Å². The Labute approximate surface area is 160 Å². The van der Waals surface area contributed by atoms with Crippen LogP contribution in [0, 0.1) is 0 Å². The number of amides is 2. The highest BCUT2D eigenvalue weighted by Gasteiger charge is 2.07. The minimum Gasteiger partial charge on any atom is -0.399 e. The van der Waals surface area contributed by atoms with Crippen LogP contribution in [0.25, 0.3) is 0 Å². The molecule has 0 bridgehead atoms. The van der Waals surface area contributed by atoms with Crippen LogP contribution in [0.5, 0.6) is 0 Å². The van der Waals surface area contributed by atoms with Gasteiger partial charge in [-0.15, -0.1) is 0 Å². The summed E-state index contributed by atoms with van der Waals surface area (Å²) in [6, 6.07) is 14.8. The number of nitrogens with zero attached hydrogens (tertiary/aromatic N) is 1. The number of nitrogen functional groups attached to an aromatic ring is 1. The third kappa shape index (κ3) is 7.11. The molecule has 0 aromatic heterocycles. The lowest BCUT2D eigenvalue weighted by atomic mass is 10.1. The van der Waals surface area contributed by atoms with Crippen LogP contribution < -0.4 is 16.4 Å². The highest BCUT2D eigenvalue weighted by atomic mass is 16.2. The number of hydrogen-bond acceptors (Lipinski definition) is 4. The van der Waals surface area contributed by atoms with Crippen LogP contribution in [0.2, 0.25) is 0 Å². The van der Waals surface area contributed by atoms with Crippen molar-refractivity contribution in [3.63, 3.8) is 0 Å². The van der Waals surface area contributed by atoms with E-state index in [2.05, 4.69) is 10.6 Å². The van der Waals surface area contributed by atoms with Crippen molar-refractivity contribution in [2.75, 3.05) is 32.9 Å². The minimum absolute atomic E-state index is 0.0243. The second-order valence-corrected chi connectivity index (χ2v) is 6.73. The Balaban J connectivity index is 1.75. The number of carbonyl (C=O) groups is 2. The van der Waals surface area contributed by atoms with Gasteiger partial charge >= 0.3 is 0 Å². The second-order valence-electron chi connectivity index (χ2n) is 6.73. The number of anilines is 1. The maximum Gasteiger partial charge on any atom is 0.251 e. The average molecular weight is 368 g/mol. The summed E-state index contributed by atoms with van der Waals surface area (Å²) in [4.78, 5) is 26.1. The summed E-state index contributed by atoms with van der Waals surface area (Å²) < 4.78 is 0. The molecule has 0 unspecified atom stereocenters. The number of aryl methyl sites for hydroxylation is 1. The Bertz CT molecular complexity index is 757. The molecule has 2 aromatic carbocycles. The summed E-state index contributed by atoms with van der Waals surface area (Å²) in [6.45, 7) is 1.84. The lowest BCUT2D eigenvalue weighted by Gasteiger charge is -2.11. The number of carbonyl (C=O) groups excluding carboxylic acids is 2. The van der Waals surface area contributed by atoms with Crippen LogP contribution in [0.1, 0.15) is 27.9 Å². The zero-order valence-corrected chi connectivity index (χ0v) is 16.0. The first-order valence-corrected chi connectivity index (χ1v) is 9.07. The van der Waals surface area contributed by atoms with Gasteiger partial charge < -0.3 is 21.3 Å². The molecule has 0 aliphatic rings. The van der Waals surface area contributed by atoms with Crippen LogP contribution in [-0.4, -0.2) is 43.9 Å². The van der Waals surface area contributed by atoms with Gasteiger partial charge in [-0.2, -0.15) is 0 Å². The smallest absolute Gasteiger partial charge is 0.251 e. The summed E-state index contributed by atoms with van der Waals surface area (Å²) in [5.74, 6) is -0.114. The Morgan fingerprint density at radius 3 is 2.37 bits per heavy atom. The first-order chi connectivity index (χ1) is 13.0. The number of rotatable bonds is 9. The van der Waals surface area contributed by atoms with Gasteiger partial charge in [0.25, 0.3) is 5.91 Å². The highest BCUT2D eigenvalue weighted by Crippen LogP contribution is 2.12. The fourth-order valence-corrected chi connectivity index (χ4v) is 2.57. The Morgan fingerprint density at radius 2 is 1.70 bits per heavy atom. The first kappa shape index (κ1) is 20.5. The van der Waals surface area contributed by atoms with Crippen LogP contribution in [0.4, 0.5) is 5.69 Å². The molecule has 4 N–H and O–H groups in total. The molecule has 2 amide bonds. The third-order valence-electron chi connectivity index (χ3n) is 4.23. The van der Waals surface area contributed by atoms with Gasteiger partial charge in [-0.3, -0.25) is 9.59 Å². The van der Waals surface area contributed by atoms with Crippen molar-refractivity contribution in [3.05, 3.63) is 65.2 Å². The maximum atomic E-state index is 12.0. The quantitative estimate of drug-likeness (QED) is 0.589. The monoisotopic (exact) mass is 368 g/mol. The summed E-state index contributed by atoms with van der Waals surface area (Å²) in [7, 11) is 3.92. The Morgan fingerprint density at radius 1 is 1.00 bits per heavy atom. The van der Waals surface area contributed by atoms with Crippen LogP contribution in [0.15, 0.2) is 48.5 Å². The minimum atomic E-state index is -0.0899. The van der Waals surface area contributed by atoms with Crippen LogP contribution in [0.3, 0.4) is 0 Å². The lowest BCUT2D eigenvalue weighted by Crippen LogP contribution is -2.31. The summed E-state index contributed by atoms with van der Waals surface area (Å²) in [5.41, 5.74) is 9.15. The second kappa shape index (κ2) is 10.3. The fourth-order valence-electron chi connectivity index (χ4n) is 2.57. The number of likely N-dealkylation sites (N-methyl/N-ethyl adjacent to an activating group) is 1. The van der Waals surface area contributed by atoms with Crippen molar-refractivity contribution in [1.82, 2.24) is 15.5 Å². The van der Waals surface area contributed by atoms with E-state index in [0.717, 1.165) is 17.7 Å². The predicted octanol–water partition coefficient (Wildman–Crippen LogP) is 1.81. The van der Waals surface area contributed by atoms with E-state index < -0.39 is 0 Å². The number of nitrogens with two attached hydrogens (primary N) is 1. The molecule has 0 atom stereocenters. The van der Waals surface area contributed by atoms with Gasteiger partial charge in [-0.1, -0.05) is 30.3 Å². The molecule has 2 rings (SSSR count). The molecule has 0 heterocycles. The van der Waals surface area contributed by atoms with Gasteiger partial charge in [-0.25, -0.2) is 0 Å². The molecule has 6 heteroatoms. The Hall–Kier alpha value is -2.86. The van der Waals surface area contributed by atoms with Crippen molar-refractivity contribution >= 4 is 17.5 Å².